The van der Waals surface area contributed by atoms with Gasteiger partial charge in [-0.3, -0.25) is 4.79 Å². The number of imidazole rings is 1. The number of carbonyl (C=O) groups excluding carboxylic acids is 2. The van der Waals surface area contributed by atoms with E-state index in [1.165, 1.54) is 4.90 Å². The summed E-state index contributed by atoms with van der Waals surface area (Å²) in [4.78, 5) is 37.1. The van der Waals surface area contributed by atoms with Crippen LogP contribution in [-0.2, 0) is 4.79 Å². The van der Waals surface area contributed by atoms with Crippen LogP contribution in [0.4, 0.5) is 4.79 Å². The van der Waals surface area contributed by atoms with Crippen molar-refractivity contribution in [3.05, 3.63) is 88.8 Å². The van der Waals surface area contributed by atoms with Gasteiger partial charge in [-0.2, -0.15) is 0 Å². The number of aromatic amines is 1. The van der Waals surface area contributed by atoms with Crippen LogP contribution in [0.1, 0.15) is 23.5 Å². The van der Waals surface area contributed by atoms with E-state index in [4.69, 9.17) is 4.98 Å². The maximum Gasteiger partial charge on any atom is 0.317 e. The van der Waals surface area contributed by atoms with Gasteiger partial charge in [0.25, 0.3) is 5.91 Å². The van der Waals surface area contributed by atoms with Crippen molar-refractivity contribution >= 4 is 27.9 Å². The Kier molecular flexibility index (Phi) is 6.41. The molecule has 1 aliphatic heterocycles. The lowest BCUT2D eigenvalue weighted by Crippen LogP contribution is -2.45. The summed E-state index contributed by atoms with van der Waals surface area (Å²) in [5, 5.41) is 2.85. The summed E-state index contributed by atoms with van der Waals surface area (Å²) in [7, 11) is 3.29. The number of amides is 3. The van der Waals surface area contributed by atoms with Crippen LogP contribution in [0.3, 0.4) is 0 Å². The van der Waals surface area contributed by atoms with E-state index in [1.54, 1.807) is 19.0 Å². The van der Waals surface area contributed by atoms with E-state index in [1.807, 2.05) is 72.9 Å². The van der Waals surface area contributed by atoms with Gasteiger partial charge in [0, 0.05) is 36.9 Å². The van der Waals surface area contributed by atoms with E-state index >= 15 is 0 Å². The smallest absolute Gasteiger partial charge is 0.317 e. The van der Waals surface area contributed by atoms with Gasteiger partial charge in [-0.15, -0.1) is 0 Å². The fourth-order valence-electron chi connectivity index (χ4n) is 3.59. The molecule has 1 aliphatic rings. The van der Waals surface area contributed by atoms with Gasteiger partial charge >= 0.3 is 6.03 Å². The number of benzene rings is 2. The molecule has 3 amide bonds. The first-order valence-electron chi connectivity index (χ1n) is 10.2. The summed E-state index contributed by atoms with van der Waals surface area (Å²) in [6, 6.07) is 15.7. The first kappa shape index (κ1) is 21.8. The second kappa shape index (κ2) is 9.40. The van der Waals surface area contributed by atoms with Crippen LogP contribution < -0.4 is 5.32 Å². The maximum atomic E-state index is 13.6. The molecule has 0 saturated carbocycles. The minimum absolute atomic E-state index is 0.192. The van der Waals surface area contributed by atoms with E-state index < -0.39 is 6.04 Å². The first-order valence-corrected chi connectivity index (χ1v) is 11.0. The molecule has 2 heterocycles. The number of halogens is 1. The zero-order valence-corrected chi connectivity index (χ0v) is 19.4. The van der Waals surface area contributed by atoms with Crippen LogP contribution in [0, 0.1) is 0 Å². The van der Waals surface area contributed by atoms with Gasteiger partial charge in [-0.1, -0.05) is 70.5 Å². The summed E-state index contributed by atoms with van der Waals surface area (Å²) in [6.07, 6.45) is 5.74. The Morgan fingerprint density at radius 1 is 1.16 bits per heavy atom. The van der Waals surface area contributed by atoms with Crippen LogP contribution in [0.5, 0.6) is 0 Å². The summed E-state index contributed by atoms with van der Waals surface area (Å²) in [6.45, 7) is 0.443. The van der Waals surface area contributed by atoms with E-state index in [0.717, 1.165) is 21.3 Å². The molecule has 7 nitrogen and oxygen atoms in total. The molecule has 1 unspecified atom stereocenters. The first-order chi connectivity index (χ1) is 15.4. The van der Waals surface area contributed by atoms with Crippen molar-refractivity contribution in [2.75, 3.05) is 20.6 Å². The SMILES string of the molecule is CN(C)C(=O)NC(C(=O)N1CC=C[C@H]1c1nc(-c2ccc(Br)cc2)c[nH]1)c1ccccc1. The van der Waals surface area contributed by atoms with E-state index in [-0.39, 0.29) is 18.0 Å². The highest BCUT2D eigenvalue weighted by Crippen LogP contribution is 2.30. The zero-order valence-electron chi connectivity index (χ0n) is 17.8. The monoisotopic (exact) mass is 493 g/mol. The molecular formula is C24H24BrN5O2. The predicted molar refractivity (Wildman–Crippen MR) is 127 cm³/mol. The summed E-state index contributed by atoms with van der Waals surface area (Å²) >= 11 is 3.44. The third-order valence-corrected chi connectivity index (χ3v) is 5.84. The van der Waals surface area contributed by atoms with Crippen LogP contribution in [0.2, 0.25) is 0 Å². The van der Waals surface area contributed by atoms with Crippen LogP contribution in [0.25, 0.3) is 11.3 Å². The normalized spacial score (nSPS) is 16.1. The number of rotatable bonds is 5. The number of hydrogen-bond donors (Lipinski definition) is 2. The number of urea groups is 1. The number of aromatic nitrogens is 2. The quantitative estimate of drug-likeness (QED) is 0.520. The molecular weight excluding hydrogens is 470 g/mol. The molecule has 2 N–H and O–H groups in total. The van der Waals surface area contributed by atoms with Crippen molar-refractivity contribution < 1.29 is 9.59 Å². The lowest BCUT2D eigenvalue weighted by Gasteiger charge is -2.29. The number of hydrogen-bond acceptors (Lipinski definition) is 3. The second-order valence-corrected chi connectivity index (χ2v) is 8.64. The molecule has 2 atom stereocenters. The molecule has 32 heavy (non-hydrogen) atoms. The van der Waals surface area contributed by atoms with Crippen molar-refractivity contribution in [3.8, 4) is 11.3 Å². The second-order valence-electron chi connectivity index (χ2n) is 7.73. The Hall–Kier alpha value is -3.39. The minimum atomic E-state index is -0.797. The lowest BCUT2D eigenvalue weighted by atomic mass is 10.0. The van der Waals surface area contributed by atoms with Crippen molar-refractivity contribution in [2.24, 2.45) is 0 Å². The number of carbonyl (C=O) groups is 2. The molecule has 164 valence electrons. The van der Waals surface area contributed by atoms with Gasteiger partial charge in [0.1, 0.15) is 17.9 Å². The Morgan fingerprint density at radius 2 is 1.88 bits per heavy atom. The van der Waals surface area contributed by atoms with Crippen LogP contribution >= 0.6 is 15.9 Å². The largest absolute Gasteiger partial charge is 0.346 e. The molecule has 2 aromatic carbocycles. The molecule has 0 bridgehead atoms. The topological polar surface area (TPSA) is 81.3 Å². The highest BCUT2D eigenvalue weighted by molar-refractivity contribution is 9.10. The third kappa shape index (κ3) is 4.60. The van der Waals surface area contributed by atoms with Crippen molar-refractivity contribution in [3.63, 3.8) is 0 Å². The van der Waals surface area contributed by atoms with E-state index in [2.05, 4.69) is 26.2 Å². The van der Waals surface area contributed by atoms with Crippen molar-refractivity contribution in [1.29, 1.82) is 0 Å². The van der Waals surface area contributed by atoms with E-state index in [0.29, 0.717) is 12.4 Å². The zero-order chi connectivity index (χ0) is 22.7. The lowest BCUT2D eigenvalue weighted by molar-refractivity contribution is -0.134. The molecule has 0 spiro atoms. The van der Waals surface area contributed by atoms with Crippen LogP contribution in [-0.4, -0.2) is 52.3 Å². The summed E-state index contributed by atoms with van der Waals surface area (Å²) in [5.74, 6) is 0.485. The Bertz CT molecular complexity index is 1120. The van der Waals surface area contributed by atoms with Gasteiger partial charge in [0.05, 0.1) is 5.69 Å². The summed E-state index contributed by atoms with van der Waals surface area (Å²) in [5.41, 5.74) is 2.52. The third-order valence-electron chi connectivity index (χ3n) is 5.31. The molecule has 1 aromatic heterocycles. The summed E-state index contributed by atoms with van der Waals surface area (Å²) < 4.78 is 0.999. The van der Waals surface area contributed by atoms with Gasteiger partial charge in [-0.25, -0.2) is 9.78 Å². The number of nitrogens with zero attached hydrogens (tertiary/aromatic N) is 3. The van der Waals surface area contributed by atoms with Gasteiger partial charge in [0.2, 0.25) is 0 Å². The van der Waals surface area contributed by atoms with Crippen molar-refractivity contribution in [2.45, 2.75) is 12.1 Å². The highest BCUT2D eigenvalue weighted by Gasteiger charge is 2.34. The van der Waals surface area contributed by atoms with Gasteiger partial charge in [-0.05, 0) is 17.7 Å². The Labute approximate surface area is 195 Å². The molecule has 0 fully saturated rings. The molecule has 4 rings (SSSR count). The Morgan fingerprint density at radius 3 is 2.56 bits per heavy atom. The standard InChI is InChI=1S/C24H24BrN5O2/c1-29(2)24(32)28-21(17-7-4-3-5-8-17)23(31)30-14-6-9-20(30)22-26-15-19(27-22)16-10-12-18(25)13-11-16/h3-13,15,20-21H,14H2,1-2H3,(H,26,27)(H,28,32)/t20-,21?/m0/s1. The van der Waals surface area contributed by atoms with Crippen molar-refractivity contribution in [1.82, 2.24) is 25.1 Å². The minimum Gasteiger partial charge on any atom is -0.346 e. The highest BCUT2D eigenvalue weighted by atomic mass is 79.9. The molecule has 0 aliphatic carbocycles. The molecule has 3 aromatic rings. The fraction of sp³-hybridized carbons (Fsp3) is 0.208. The average molecular weight is 494 g/mol. The fourth-order valence-corrected chi connectivity index (χ4v) is 3.86. The van der Waals surface area contributed by atoms with Gasteiger partial charge < -0.3 is 20.1 Å². The molecule has 0 saturated heterocycles. The number of nitrogens with one attached hydrogen (secondary N) is 2. The number of H-pyrrole nitrogens is 1. The van der Waals surface area contributed by atoms with Crippen LogP contribution in [0.15, 0.2) is 77.4 Å². The molecule has 0 radical (unpaired) electrons. The van der Waals surface area contributed by atoms with Gasteiger partial charge in [0.15, 0.2) is 0 Å². The maximum absolute atomic E-state index is 13.6. The predicted octanol–water partition coefficient (Wildman–Crippen LogP) is 4.29. The average Bonchev–Trinajstić information content (AvgIpc) is 3.47. The Balaban J connectivity index is 1.59. The van der Waals surface area contributed by atoms with E-state index in [9.17, 15) is 9.59 Å². The molecule has 8 heteroatoms.